The number of non-ortho nitro benzene ring substituents is 1. The predicted octanol–water partition coefficient (Wildman–Crippen LogP) is 6.09. The number of rotatable bonds is 9. The van der Waals surface area contributed by atoms with Crippen molar-refractivity contribution in [1.82, 2.24) is 5.43 Å². The normalized spacial score (nSPS) is 10.9. The van der Waals surface area contributed by atoms with Crippen LogP contribution in [0, 0.1) is 13.7 Å². The summed E-state index contributed by atoms with van der Waals surface area (Å²) < 4.78 is 12.9. The highest BCUT2D eigenvalue weighted by atomic mass is 127. The molecule has 0 bridgehead atoms. The van der Waals surface area contributed by atoms with Gasteiger partial charge in [0, 0.05) is 17.7 Å². The molecule has 0 spiro atoms. The van der Waals surface area contributed by atoms with E-state index in [-0.39, 0.29) is 11.3 Å². The smallest absolute Gasteiger partial charge is 0.271 e. The first-order valence-electron chi connectivity index (χ1n) is 11.1. The van der Waals surface area contributed by atoms with Crippen molar-refractivity contribution in [2.75, 3.05) is 6.61 Å². The Kier molecular flexibility index (Phi) is 8.11. The molecule has 0 atom stereocenters. The van der Waals surface area contributed by atoms with Crippen LogP contribution in [0.3, 0.4) is 0 Å². The highest BCUT2D eigenvalue weighted by Gasteiger charge is 2.13. The van der Waals surface area contributed by atoms with Gasteiger partial charge in [-0.25, -0.2) is 5.43 Å². The molecule has 4 aromatic rings. The SMILES string of the molecule is CCOc1cc(/C=N\NC(=O)c2ccc([N+](=O)[O-])cc2)cc(I)c1OCc1cccc2ccccc12. The molecule has 0 radical (unpaired) electrons. The third-order valence-electron chi connectivity index (χ3n) is 5.30. The second-order valence-electron chi connectivity index (χ2n) is 7.69. The van der Waals surface area contributed by atoms with Gasteiger partial charge in [0.15, 0.2) is 11.5 Å². The number of hydrazone groups is 1. The highest BCUT2D eigenvalue weighted by molar-refractivity contribution is 14.1. The molecular formula is C27H22IN3O5. The standard InChI is InChI=1S/C27H22IN3O5/c1-2-35-25-15-18(16-29-30-27(32)20-10-12-22(13-11-20)31(33)34)14-24(28)26(25)36-17-21-8-5-7-19-6-3-4-9-23(19)21/h3-16H,2,17H2,1H3,(H,30,32)/b29-16-. The van der Waals surface area contributed by atoms with Gasteiger partial charge in [-0.2, -0.15) is 5.10 Å². The van der Waals surface area contributed by atoms with Crippen molar-refractivity contribution in [2.45, 2.75) is 13.5 Å². The van der Waals surface area contributed by atoms with Gasteiger partial charge in [0.25, 0.3) is 11.6 Å². The summed E-state index contributed by atoms with van der Waals surface area (Å²) in [7, 11) is 0. The quantitative estimate of drug-likeness (QED) is 0.109. The molecule has 4 rings (SSSR count). The first-order valence-corrected chi connectivity index (χ1v) is 12.2. The number of carbonyl (C=O) groups is 1. The van der Waals surface area contributed by atoms with E-state index in [4.69, 9.17) is 9.47 Å². The molecular weight excluding hydrogens is 573 g/mol. The van der Waals surface area contributed by atoms with Gasteiger partial charge >= 0.3 is 0 Å². The molecule has 0 aliphatic rings. The number of hydrogen-bond donors (Lipinski definition) is 1. The van der Waals surface area contributed by atoms with Gasteiger partial charge in [0.2, 0.25) is 0 Å². The van der Waals surface area contributed by atoms with Crippen LogP contribution in [0.15, 0.2) is 84.0 Å². The van der Waals surface area contributed by atoms with Gasteiger partial charge in [0.1, 0.15) is 6.61 Å². The Morgan fingerprint density at radius 3 is 2.56 bits per heavy atom. The monoisotopic (exact) mass is 595 g/mol. The van der Waals surface area contributed by atoms with Gasteiger partial charge in [0.05, 0.1) is 21.3 Å². The summed E-state index contributed by atoms with van der Waals surface area (Å²) >= 11 is 2.19. The van der Waals surface area contributed by atoms with Crippen LogP contribution in [0.4, 0.5) is 5.69 Å². The molecule has 182 valence electrons. The Bertz CT molecular complexity index is 1430. The maximum Gasteiger partial charge on any atom is 0.271 e. The van der Waals surface area contributed by atoms with Crippen LogP contribution in [0.5, 0.6) is 11.5 Å². The van der Waals surface area contributed by atoms with Crippen molar-refractivity contribution in [3.05, 3.63) is 109 Å². The number of halogens is 1. The van der Waals surface area contributed by atoms with E-state index < -0.39 is 10.8 Å². The van der Waals surface area contributed by atoms with Crippen molar-refractivity contribution < 1.29 is 19.2 Å². The number of fused-ring (bicyclic) bond motifs is 1. The molecule has 0 aliphatic carbocycles. The zero-order valence-electron chi connectivity index (χ0n) is 19.3. The van der Waals surface area contributed by atoms with Crippen LogP contribution in [0.2, 0.25) is 0 Å². The number of hydrogen-bond acceptors (Lipinski definition) is 6. The Balaban J connectivity index is 1.48. The van der Waals surface area contributed by atoms with Crippen LogP contribution in [0.1, 0.15) is 28.4 Å². The zero-order chi connectivity index (χ0) is 25.5. The summed E-state index contributed by atoms with van der Waals surface area (Å²) in [5.41, 5.74) is 4.40. The lowest BCUT2D eigenvalue weighted by Gasteiger charge is -2.15. The Morgan fingerprint density at radius 1 is 1.06 bits per heavy atom. The number of benzene rings is 4. The second-order valence-corrected chi connectivity index (χ2v) is 8.86. The number of amides is 1. The average molecular weight is 595 g/mol. The molecule has 0 aromatic heterocycles. The molecule has 0 fully saturated rings. The van der Waals surface area contributed by atoms with Crippen molar-refractivity contribution >= 4 is 51.2 Å². The number of nitrogens with one attached hydrogen (secondary N) is 1. The van der Waals surface area contributed by atoms with E-state index in [1.165, 1.54) is 30.5 Å². The molecule has 0 unspecified atom stereocenters. The Hall–Kier alpha value is -3.99. The topological polar surface area (TPSA) is 103 Å². The molecule has 1 N–H and O–H groups in total. The summed E-state index contributed by atoms with van der Waals surface area (Å²) in [6, 6.07) is 23.3. The minimum absolute atomic E-state index is 0.0872. The number of nitro groups is 1. The average Bonchev–Trinajstić information content (AvgIpc) is 2.88. The lowest BCUT2D eigenvalue weighted by Crippen LogP contribution is -2.17. The van der Waals surface area contributed by atoms with E-state index in [1.54, 1.807) is 6.07 Å². The minimum atomic E-state index is -0.521. The molecule has 4 aromatic carbocycles. The number of nitrogens with zero attached hydrogens (tertiary/aromatic N) is 2. The van der Waals surface area contributed by atoms with Crippen molar-refractivity contribution in [1.29, 1.82) is 0 Å². The van der Waals surface area contributed by atoms with Crippen LogP contribution in [0.25, 0.3) is 10.8 Å². The van der Waals surface area contributed by atoms with Gasteiger partial charge < -0.3 is 9.47 Å². The van der Waals surface area contributed by atoms with Gasteiger partial charge in [-0.3, -0.25) is 14.9 Å². The fourth-order valence-corrected chi connectivity index (χ4v) is 4.38. The predicted molar refractivity (Wildman–Crippen MR) is 147 cm³/mol. The number of ether oxygens (including phenoxy) is 2. The lowest BCUT2D eigenvalue weighted by atomic mass is 10.1. The fourth-order valence-electron chi connectivity index (χ4n) is 3.60. The van der Waals surface area contributed by atoms with Gasteiger partial charge in [-0.05, 0) is 75.7 Å². The molecule has 0 saturated carbocycles. The highest BCUT2D eigenvalue weighted by Crippen LogP contribution is 2.35. The van der Waals surface area contributed by atoms with Gasteiger partial charge in [-0.15, -0.1) is 0 Å². The fraction of sp³-hybridized carbons (Fsp3) is 0.111. The van der Waals surface area contributed by atoms with E-state index in [2.05, 4.69) is 51.3 Å². The third-order valence-corrected chi connectivity index (χ3v) is 6.10. The van der Waals surface area contributed by atoms with E-state index in [1.807, 2.05) is 37.3 Å². The second kappa shape index (κ2) is 11.6. The van der Waals surface area contributed by atoms with E-state index >= 15 is 0 Å². The van der Waals surface area contributed by atoms with Gasteiger partial charge in [-0.1, -0.05) is 42.5 Å². The van der Waals surface area contributed by atoms with E-state index in [9.17, 15) is 14.9 Å². The molecule has 1 amide bonds. The maximum atomic E-state index is 12.3. The molecule has 0 aliphatic heterocycles. The number of nitro benzene ring substituents is 1. The molecule has 36 heavy (non-hydrogen) atoms. The Labute approximate surface area is 221 Å². The van der Waals surface area contributed by atoms with E-state index in [0.29, 0.717) is 30.3 Å². The summed E-state index contributed by atoms with van der Waals surface area (Å²) in [6.07, 6.45) is 1.50. The largest absolute Gasteiger partial charge is 0.490 e. The summed E-state index contributed by atoms with van der Waals surface area (Å²) in [5, 5.41) is 17.1. The molecule has 0 heterocycles. The van der Waals surface area contributed by atoms with Crippen LogP contribution in [-0.4, -0.2) is 23.7 Å². The summed E-state index contributed by atoms with van der Waals surface area (Å²) in [5.74, 6) is 0.737. The van der Waals surface area contributed by atoms with Crippen LogP contribution < -0.4 is 14.9 Å². The third kappa shape index (κ3) is 5.98. The van der Waals surface area contributed by atoms with E-state index in [0.717, 1.165) is 19.9 Å². The minimum Gasteiger partial charge on any atom is -0.490 e. The summed E-state index contributed by atoms with van der Waals surface area (Å²) in [4.78, 5) is 22.5. The molecule has 0 saturated heterocycles. The van der Waals surface area contributed by atoms with Crippen molar-refractivity contribution in [3.63, 3.8) is 0 Å². The molecule has 9 heteroatoms. The van der Waals surface area contributed by atoms with Crippen molar-refractivity contribution in [3.8, 4) is 11.5 Å². The number of carbonyl (C=O) groups excluding carboxylic acids is 1. The Morgan fingerprint density at radius 2 is 1.81 bits per heavy atom. The first kappa shape index (κ1) is 25.1. The van der Waals surface area contributed by atoms with Crippen molar-refractivity contribution in [2.24, 2.45) is 5.10 Å². The summed E-state index contributed by atoms with van der Waals surface area (Å²) in [6.45, 7) is 2.74. The molecule has 8 nitrogen and oxygen atoms in total. The zero-order valence-corrected chi connectivity index (χ0v) is 21.5. The lowest BCUT2D eigenvalue weighted by molar-refractivity contribution is -0.384. The van der Waals surface area contributed by atoms with Crippen LogP contribution >= 0.6 is 22.6 Å². The maximum absolute atomic E-state index is 12.3. The first-order chi connectivity index (χ1) is 17.5. The van der Waals surface area contributed by atoms with Crippen LogP contribution in [-0.2, 0) is 6.61 Å².